The van der Waals surface area contributed by atoms with Crippen molar-refractivity contribution in [2.45, 2.75) is 38.8 Å². The first kappa shape index (κ1) is 12.1. The molecule has 1 aromatic heterocycles. The molecule has 17 heavy (non-hydrogen) atoms. The molecule has 0 saturated carbocycles. The van der Waals surface area contributed by atoms with E-state index in [0.717, 1.165) is 18.7 Å². The molecule has 1 fully saturated rings. The first-order valence-electron chi connectivity index (χ1n) is 6.03. The van der Waals surface area contributed by atoms with Gasteiger partial charge in [-0.2, -0.15) is 0 Å². The van der Waals surface area contributed by atoms with Gasteiger partial charge in [0, 0.05) is 18.2 Å². The fraction of sp³-hybridized carbons (Fsp3) is 0.583. The Morgan fingerprint density at radius 1 is 1.65 bits per heavy atom. The summed E-state index contributed by atoms with van der Waals surface area (Å²) < 4.78 is 5.18. The van der Waals surface area contributed by atoms with E-state index < -0.39 is 0 Å². The van der Waals surface area contributed by atoms with Gasteiger partial charge < -0.3 is 4.42 Å². The quantitative estimate of drug-likeness (QED) is 0.471. The maximum atomic E-state index is 11.5. The van der Waals surface area contributed by atoms with Gasteiger partial charge >= 0.3 is 5.91 Å². The molecule has 1 atom stereocenters. The number of nitrogens with one attached hydrogen (secondary N) is 1. The molecule has 1 amide bonds. The molecule has 0 spiro atoms. The zero-order chi connectivity index (χ0) is 12.3. The van der Waals surface area contributed by atoms with Gasteiger partial charge in [-0.25, -0.2) is 5.84 Å². The van der Waals surface area contributed by atoms with Gasteiger partial charge in [-0.1, -0.05) is 6.42 Å². The number of amides is 1. The van der Waals surface area contributed by atoms with Crippen LogP contribution in [0.1, 0.15) is 42.3 Å². The molecule has 0 aromatic carbocycles. The number of hydrazine groups is 1. The lowest BCUT2D eigenvalue weighted by Crippen LogP contribution is -2.37. The van der Waals surface area contributed by atoms with E-state index in [1.165, 1.54) is 25.5 Å². The van der Waals surface area contributed by atoms with Crippen molar-refractivity contribution in [1.29, 1.82) is 0 Å². The fourth-order valence-electron chi connectivity index (χ4n) is 2.34. The highest BCUT2D eigenvalue weighted by Crippen LogP contribution is 2.21. The predicted octanol–water partition coefficient (Wildman–Crippen LogP) is 1.26. The topological polar surface area (TPSA) is 71.5 Å². The van der Waals surface area contributed by atoms with E-state index in [4.69, 9.17) is 10.3 Å². The summed E-state index contributed by atoms with van der Waals surface area (Å²) >= 11 is 0. The molecule has 5 heteroatoms. The number of nitrogen functional groups attached to an aromatic ring is 1. The predicted molar refractivity (Wildman–Crippen MR) is 64.1 cm³/mol. The van der Waals surface area contributed by atoms with Crippen LogP contribution in [-0.4, -0.2) is 23.4 Å². The van der Waals surface area contributed by atoms with Gasteiger partial charge in [-0.15, -0.1) is 0 Å². The van der Waals surface area contributed by atoms with Crippen molar-refractivity contribution in [1.82, 2.24) is 10.3 Å². The lowest BCUT2D eigenvalue weighted by atomic mass is 10.0. The van der Waals surface area contributed by atoms with Crippen LogP contribution in [0.15, 0.2) is 16.7 Å². The number of carbonyl (C=O) groups is 1. The van der Waals surface area contributed by atoms with Crippen LogP contribution in [0.2, 0.25) is 0 Å². The SMILES string of the molecule is CC1CCCCN1Cc1ccoc1C(=O)NN. The van der Waals surface area contributed by atoms with Crippen molar-refractivity contribution in [3.05, 3.63) is 23.7 Å². The van der Waals surface area contributed by atoms with Crippen molar-refractivity contribution < 1.29 is 9.21 Å². The lowest BCUT2D eigenvalue weighted by molar-refractivity contribution is 0.0920. The van der Waals surface area contributed by atoms with Crippen molar-refractivity contribution in [2.75, 3.05) is 6.54 Å². The molecule has 1 unspecified atom stereocenters. The highest BCUT2D eigenvalue weighted by atomic mass is 16.3. The third kappa shape index (κ3) is 2.68. The van der Waals surface area contributed by atoms with Crippen LogP contribution in [0.3, 0.4) is 0 Å². The van der Waals surface area contributed by atoms with Crippen molar-refractivity contribution in [3.63, 3.8) is 0 Å². The lowest BCUT2D eigenvalue weighted by Gasteiger charge is -2.33. The molecular formula is C12H19N3O2. The van der Waals surface area contributed by atoms with Crippen molar-refractivity contribution in [2.24, 2.45) is 5.84 Å². The Labute approximate surface area is 101 Å². The number of carbonyl (C=O) groups excluding carboxylic acids is 1. The Kier molecular flexibility index (Phi) is 3.81. The second kappa shape index (κ2) is 5.33. The normalized spacial score (nSPS) is 21.4. The largest absolute Gasteiger partial charge is 0.459 e. The summed E-state index contributed by atoms with van der Waals surface area (Å²) in [6.07, 6.45) is 5.27. The summed E-state index contributed by atoms with van der Waals surface area (Å²) in [6.45, 7) is 4.05. The summed E-state index contributed by atoms with van der Waals surface area (Å²) in [5.41, 5.74) is 3.01. The number of rotatable bonds is 3. The van der Waals surface area contributed by atoms with Gasteiger partial charge in [-0.05, 0) is 32.4 Å². The first-order valence-corrected chi connectivity index (χ1v) is 6.03. The average Bonchev–Trinajstić information content (AvgIpc) is 2.79. The average molecular weight is 237 g/mol. The Morgan fingerprint density at radius 3 is 3.18 bits per heavy atom. The summed E-state index contributed by atoms with van der Waals surface area (Å²) in [4.78, 5) is 13.8. The van der Waals surface area contributed by atoms with Gasteiger partial charge in [0.2, 0.25) is 0 Å². The van der Waals surface area contributed by atoms with Crippen LogP contribution in [0, 0.1) is 0 Å². The summed E-state index contributed by atoms with van der Waals surface area (Å²) in [7, 11) is 0. The molecule has 0 radical (unpaired) electrons. The second-order valence-electron chi connectivity index (χ2n) is 4.56. The van der Waals surface area contributed by atoms with E-state index in [2.05, 4.69) is 17.2 Å². The smallest absolute Gasteiger partial charge is 0.301 e. The van der Waals surface area contributed by atoms with Crippen LogP contribution in [-0.2, 0) is 6.54 Å². The van der Waals surface area contributed by atoms with Gasteiger partial charge in [0.1, 0.15) is 0 Å². The highest BCUT2D eigenvalue weighted by Gasteiger charge is 2.22. The third-order valence-electron chi connectivity index (χ3n) is 3.40. The first-order chi connectivity index (χ1) is 8.22. The van der Waals surface area contributed by atoms with E-state index >= 15 is 0 Å². The monoisotopic (exact) mass is 237 g/mol. The number of nitrogens with two attached hydrogens (primary N) is 1. The Balaban J connectivity index is 2.07. The van der Waals surface area contributed by atoms with Crippen LogP contribution in [0.25, 0.3) is 0 Å². The van der Waals surface area contributed by atoms with Crippen LogP contribution < -0.4 is 11.3 Å². The number of hydrogen-bond donors (Lipinski definition) is 2. The van der Waals surface area contributed by atoms with E-state index in [9.17, 15) is 4.79 Å². The van der Waals surface area contributed by atoms with E-state index in [1.807, 2.05) is 6.07 Å². The number of hydrogen-bond acceptors (Lipinski definition) is 4. The molecule has 1 saturated heterocycles. The molecule has 0 bridgehead atoms. The van der Waals surface area contributed by atoms with E-state index in [1.54, 1.807) is 0 Å². The standard InChI is InChI=1S/C12H19N3O2/c1-9-4-2-3-6-15(9)8-10-5-7-17-11(10)12(16)14-13/h5,7,9H,2-4,6,8,13H2,1H3,(H,14,16). The zero-order valence-electron chi connectivity index (χ0n) is 10.1. The minimum Gasteiger partial charge on any atom is -0.459 e. The van der Waals surface area contributed by atoms with Gasteiger partial charge in [0.05, 0.1) is 6.26 Å². The molecule has 1 aliphatic rings. The fourth-order valence-corrected chi connectivity index (χ4v) is 2.34. The molecule has 2 rings (SSSR count). The van der Waals surface area contributed by atoms with Crippen LogP contribution >= 0.6 is 0 Å². The van der Waals surface area contributed by atoms with Gasteiger partial charge in [-0.3, -0.25) is 15.1 Å². The summed E-state index contributed by atoms with van der Waals surface area (Å²) in [6, 6.07) is 2.40. The minimum absolute atomic E-state index is 0.324. The van der Waals surface area contributed by atoms with Crippen LogP contribution in [0.4, 0.5) is 0 Å². The molecular weight excluding hydrogens is 218 g/mol. The highest BCUT2D eigenvalue weighted by molar-refractivity contribution is 5.92. The molecule has 0 aliphatic carbocycles. The molecule has 94 valence electrons. The second-order valence-corrected chi connectivity index (χ2v) is 4.56. The van der Waals surface area contributed by atoms with E-state index in [0.29, 0.717) is 11.8 Å². The van der Waals surface area contributed by atoms with Gasteiger partial charge in [0.25, 0.3) is 0 Å². The van der Waals surface area contributed by atoms with Gasteiger partial charge in [0.15, 0.2) is 5.76 Å². The Morgan fingerprint density at radius 2 is 2.47 bits per heavy atom. The minimum atomic E-state index is -0.366. The number of piperidine rings is 1. The van der Waals surface area contributed by atoms with Crippen molar-refractivity contribution >= 4 is 5.91 Å². The molecule has 2 heterocycles. The summed E-state index contributed by atoms with van der Waals surface area (Å²) in [5, 5.41) is 0. The van der Waals surface area contributed by atoms with Crippen molar-refractivity contribution in [3.8, 4) is 0 Å². The Bertz CT molecular complexity index is 389. The third-order valence-corrected chi connectivity index (χ3v) is 3.40. The molecule has 3 N–H and O–H groups in total. The molecule has 1 aromatic rings. The number of nitrogens with zero attached hydrogens (tertiary/aromatic N) is 1. The number of likely N-dealkylation sites (tertiary alicyclic amines) is 1. The number of furan rings is 1. The zero-order valence-corrected chi connectivity index (χ0v) is 10.1. The van der Waals surface area contributed by atoms with Crippen LogP contribution in [0.5, 0.6) is 0 Å². The Hall–Kier alpha value is -1.33. The van der Waals surface area contributed by atoms with E-state index in [-0.39, 0.29) is 5.91 Å². The summed E-state index contributed by atoms with van der Waals surface area (Å²) in [5.74, 6) is 5.08. The molecule has 1 aliphatic heterocycles. The maximum Gasteiger partial charge on any atom is 0.301 e. The molecule has 5 nitrogen and oxygen atoms in total. The maximum absolute atomic E-state index is 11.5.